The maximum absolute atomic E-state index is 12.7. The third kappa shape index (κ3) is 2.63. The number of H-pyrrole nitrogens is 1. The molecule has 1 saturated carbocycles. The summed E-state index contributed by atoms with van der Waals surface area (Å²) in [7, 11) is -1.92. The molecular formula is C14H18N2O4S. The van der Waals surface area contributed by atoms with Crippen LogP contribution in [-0.4, -0.2) is 30.8 Å². The van der Waals surface area contributed by atoms with Crippen molar-refractivity contribution < 1.29 is 12.8 Å². The van der Waals surface area contributed by atoms with Gasteiger partial charge in [-0.3, -0.25) is 4.98 Å². The van der Waals surface area contributed by atoms with Crippen molar-refractivity contribution in [2.75, 3.05) is 7.05 Å². The van der Waals surface area contributed by atoms with Crippen molar-refractivity contribution in [3.05, 3.63) is 28.7 Å². The molecule has 1 aliphatic carbocycles. The molecule has 3 rings (SSSR count). The number of aromatic amines is 1. The molecule has 1 fully saturated rings. The molecule has 7 heteroatoms. The van der Waals surface area contributed by atoms with Crippen LogP contribution in [0.15, 0.2) is 32.3 Å². The van der Waals surface area contributed by atoms with Crippen LogP contribution in [0.25, 0.3) is 11.1 Å². The second-order valence-electron chi connectivity index (χ2n) is 5.49. The summed E-state index contributed by atoms with van der Waals surface area (Å²) in [6.07, 6.45) is 5.12. The summed E-state index contributed by atoms with van der Waals surface area (Å²) in [6.45, 7) is 0. The summed E-state index contributed by atoms with van der Waals surface area (Å²) in [6, 6.07) is 4.50. The van der Waals surface area contributed by atoms with Gasteiger partial charge in [0.2, 0.25) is 10.0 Å². The predicted molar refractivity (Wildman–Crippen MR) is 78.7 cm³/mol. The number of benzene rings is 1. The number of fused-ring (bicyclic) bond motifs is 1. The molecule has 0 amide bonds. The Hall–Kier alpha value is -1.60. The number of hydrogen-bond acceptors (Lipinski definition) is 4. The predicted octanol–water partition coefficient (Wildman–Crippen LogP) is 2.07. The van der Waals surface area contributed by atoms with Crippen LogP contribution in [0.1, 0.15) is 32.1 Å². The number of nitrogens with zero attached hydrogens (tertiary/aromatic N) is 1. The van der Waals surface area contributed by atoms with Crippen molar-refractivity contribution in [2.45, 2.75) is 43.0 Å². The minimum atomic E-state index is -3.55. The van der Waals surface area contributed by atoms with E-state index in [1.165, 1.54) is 28.9 Å². The van der Waals surface area contributed by atoms with Gasteiger partial charge in [-0.25, -0.2) is 13.2 Å². The van der Waals surface area contributed by atoms with Gasteiger partial charge in [-0.05, 0) is 31.0 Å². The molecule has 0 atom stereocenters. The normalized spacial score (nSPS) is 17.6. The number of aromatic nitrogens is 1. The summed E-state index contributed by atoms with van der Waals surface area (Å²) in [5.74, 6) is -0.583. The molecule has 0 bridgehead atoms. The van der Waals surface area contributed by atoms with Crippen LogP contribution < -0.4 is 5.76 Å². The molecule has 114 valence electrons. The van der Waals surface area contributed by atoms with E-state index in [0.717, 1.165) is 25.7 Å². The molecule has 1 N–H and O–H groups in total. The Kier molecular flexibility index (Phi) is 3.62. The Morgan fingerprint density at radius 2 is 1.95 bits per heavy atom. The molecule has 21 heavy (non-hydrogen) atoms. The summed E-state index contributed by atoms with van der Waals surface area (Å²) in [5.41, 5.74) is 0.761. The number of sulfonamides is 1. The van der Waals surface area contributed by atoms with E-state index in [-0.39, 0.29) is 10.9 Å². The van der Waals surface area contributed by atoms with Crippen LogP contribution >= 0.6 is 0 Å². The number of hydrogen-bond donors (Lipinski definition) is 1. The van der Waals surface area contributed by atoms with Gasteiger partial charge in [-0.2, -0.15) is 4.31 Å². The maximum atomic E-state index is 12.7. The van der Waals surface area contributed by atoms with Crippen LogP contribution in [0.2, 0.25) is 0 Å². The van der Waals surface area contributed by atoms with E-state index in [2.05, 4.69) is 4.98 Å². The van der Waals surface area contributed by atoms with Crippen LogP contribution in [0.3, 0.4) is 0 Å². The van der Waals surface area contributed by atoms with Crippen LogP contribution in [0.5, 0.6) is 0 Å². The minimum Gasteiger partial charge on any atom is -0.408 e. The van der Waals surface area contributed by atoms with Crippen molar-refractivity contribution in [1.82, 2.24) is 9.29 Å². The third-order valence-corrected chi connectivity index (χ3v) is 6.06. The standard InChI is InChI=1S/C14H18N2O4S/c1-16(10-5-3-2-4-6-10)21(18,19)11-7-8-13-12(9-11)15-14(17)20-13/h7-10H,2-6H2,1H3,(H,15,17). The highest BCUT2D eigenvalue weighted by molar-refractivity contribution is 7.89. The lowest BCUT2D eigenvalue weighted by atomic mass is 9.96. The van der Waals surface area contributed by atoms with Gasteiger partial charge in [0.05, 0.1) is 10.4 Å². The quantitative estimate of drug-likeness (QED) is 0.940. The molecule has 0 spiro atoms. The van der Waals surface area contributed by atoms with Gasteiger partial charge >= 0.3 is 5.76 Å². The van der Waals surface area contributed by atoms with E-state index in [9.17, 15) is 13.2 Å². The molecule has 1 aromatic carbocycles. The van der Waals surface area contributed by atoms with Gasteiger partial charge in [-0.15, -0.1) is 0 Å². The van der Waals surface area contributed by atoms with Gasteiger partial charge in [0.15, 0.2) is 5.58 Å². The lowest BCUT2D eigenvalue weighted by molar-refractivity contribution is 0.286. The highest BCUT2D eigenvalue weighted by Gasteiger charge is 2.29. The Labute approximate surface area is 122 Å². The second kappa shape index (κ2) is 5.31. The Bertz CT molecular complexity index is 800. The van der Waals surface area contributed by atoms with Crippen molar-refractivity contribution in [3.63, 3.8) is 0 Å². The molecule has 6 nitrogen and oxygen atoms in total. The summed E-state index contributed by atoms with van der Waals surface area (Å²) >= 11 is 0. The molecule has 0 unspecified atom stereocenters. The van der Waals surface area contributed by atoms with Gasteiger partial charge < -0.3 is 4.42 Å². The fourth-order valence-electron chi connectivity index (χ4n) is 2.90. The lowest BCUT2D eigenvalue weighted by Gasteiger charge is -2.30. The van der Waals surface area contributed by atoms with E-state index in [4.69, 9.17) is 4.42 Å². The average Bonchev–Trinajstić information content (AvgIpc) is 2.86. The van der Waals surface area contributed by atoms with Gasteiger partial charge in [0.1, 0.15) is 0 Å². The molecule has 0 saturated heterocycles. The Balaban J connectivity index is 1.96. The molecule has 1 aromatic heterocycles. The first kappa shape index (κ1) is 14.3. The topological polar surface area (TPSA) is 83.4 Å². The molecule has 1 aliphatic rings. The van der Waals surface area contributed by atoms with Crippen molar-refractivity contribution in [3.8, 4) is 0 Å². The monoisotopic (exact) mass is 310 g/mol. The van der Waals surface area contributed by atoms with E-state index in [1.807, 2.05) is 0 Å². The first-order chi connectivity index (χ1) is 9.98. The first-order valence-corrected chi connectivity index (χ1v) is 8.53. The SMILES string of the molecule is CN(C1CCCCC1)S(=O)(=O)c1ccc2oc(=O)[nH]c2c1. The fraction of sp³-hybridized carbons (Fsp3) is 0.500. The zero-order valence-electron chi connectivity index (χ0n) is 11.8. The summed E-state index contributed by atoms with van der Waals surface area (Å²) < 4.78 is 31.7. The van der Waals surface area contributed by atoms with Crippen molar-refractivity contribution in [1.29, 1.82) is 0 Å². The average molecular weight is 310 g/mol. The number of oxazole rings is 1. The van der Waals surface area contributed by atoms with Crippen LogP contribution in [0, 0.1) is 0 Å². The number of rotatable bonds is 3. The smallest absolute Gasteiger partial charge is 0.408 e. The summed E-state index contributed by atoms with van der Waals surface area (Å²) in [5, 5.41) is 0. The Morgan fingerprint density at radius 1 is 1.24 bits per heavy atom. The van der Waals surface area contributed by atoms with Crippen LogP contribution in [0.4, 0.5) is 0 Å². The molecule has 2 aromatic rings. The largest absolute Gasteiger partial charge is 0.417 e. The third-order valence-electron chi connectivity index (χ3n) is 4.16. The maximum Gasteiger partial charge on any atom is 0.417 e. The lowest BCUT2D eigenvalue weighted by Crippen LogP contribution is -2.38. The second-order valence-corrected chi connectivity index (χ2v) is 7.48. The van der Waals surface area contributed by atoms with E-state index < -0.39 is 15.8 Å². The molecule has 1 heterocycles. The van der Waals surface area contributed by atoms with Crippen molar-refractivity contribution in [2.24, 2.45) is 0 Å². The van der Waals surface area contributed by atoms with Gasteiger partial charge in [0.25, 0.3) is 0 Å². The van der Waals surface area contributed by atoms with E-state index >= 15 is 0 Å². The molecular weight excluding hydrogens is 292 g/mol. The zero-order valence-corrected chi connectivity index (χ0v) is 12.6. The highest BCUT2D eigenvalue weighted by Crippen LogP contribution is 2.27. The zero-order chi connectivity index (χ0) is 15.0. The van der Waals surface area contributed by atoms with E-state index in [1.54, 1.807) is 7.05 Å². The Morgan fingerprint density at radius 3 is 2.67 bits per heavy atom. The van der Waals surface area contributed by atoms with Crippen LogP contribution in [-0.2, 0) is 10.0 Å². The number of nitrogens with one attached hydrogen (secondary N) is 1. The molecule has 0 radical (unpaired) electrons. The first-order valence-electron chi connectivity index (χ1n) is 7.09. The van der Waals surface area contributed by atoms with Gasteiger partial charge in [0, 0.05) is 13.1 Å². The van der Waals surface area contributed by atoms with Crippen molar-refractivity contribution >= 4 is 21.1 Å². The fourth-order valence-corrected chi connectivity index (χ4v) is 4.34. The summed E-state index contributed by atoms with van der Waals surface area (Å²) in [4.78, 5) is 13.8. The minimum absolute atomic E-state index is 0.0582. The van der Waals surface area contributed by atoms with Gasteiger partial charge in [-0.1, -0.05) is 19.3 Å². The molecule has 0 aliphatic heterocycles. The van der Waals surface area contributed by atoms with E-state index in [0.29, 0.717) is 11.1 Å². The highest BCUT2D eigenvalue weighted by atomic mass is 32.2.